The van der Waals surface area contributed by atoms with Crippen LogP contribution in [0.25, 0.3) is 10.9 Å². The van der Waals surface area contributed by atoms with Gasteiger partial charge in [0.25, 0.3) is 21.5 Å². The van der Waals surface area contributed by atoms with Gasteiger partial charge in [-0.15, -0.1) is 9.09 Å². The molecule has 13 heteroatoms. The van der Waals surface area contributed by atoms with E-state index >= 15 is 0 Å². The number of methoxy groups -OCH3 is 1. The van der Waals surface area contributed by atoms with Gasteiger partial charge in [0.2, 0.25) is 0 Å². The van der Waals surface area contributed by atoms with Gasteiger partial charge in [0.05, 0.1) is 28.8 Å². The second-order valence-corrected chi connectivity index (χ2v) is 8.62. The van der Waals surface area contributed by atoms with Crippen LogP contribution < -0.4 is 15.7 Å². The SMILES string of the molecule is CCCC(=O)N(n1c(=O)[nH]c2cc(C(F)(F)F)c(C(CC)OC)cc2c1=O)S(C)(=O)=O. The third kappa shape index (κ3) is 4.82. The van der Waals surface area contributed by atoms with Crippen LogP contribution in [0.15, 0.2) is 21.7 Å². The lowest BCUT2D eigenvalue weighted by Gasteiger charge is -2.22. The number of carbonyl (C=O) groups is 1. The van der Waals surface area contributed by atoms with Crippen molar-refractivity contribution in [3.63, 3.8) is 0 Å². The highest BCUT2D eigenvalue weighted by Gasteiger charge is 2.36. The largest absolute Gasteiger partial charge is 0.416 e. The Hall–Kier alpha value is -2.67. The first-order valence-corrected chi connectivity index (χ1v) is 11.1. The van der Waals surface area contributed by atoms with Crippen LogP contribution in [0.4, 0.5) is 13.2 Å². The van der Waals surface area contributed by atoms with E-state index in [4.69, 9.17) is 4.74 Å². The first-order valence-electron chi connectivity index (χ1n) is 9.24. The minimum atomic E-state index is -4.81. The van der Waals surface area contributed by atoms with Crippen LogP contribution in [0.3, 0.4) is 0 Å². The average Bonchev–Trinajstić information content (AvgIpc) is 2.64. The summed E-state index contributed by atoms with van der Waals surface area (Å²) in [5, 5.41) is -0.406. The molecular formula is C18H22F3N3O6S. The molecule has 1 amide bonds. The third-order valence-electron chi connectivity index (χ3n) is 4.53. The smallest absolute Gasteiger partial charge is 0.377 e. The number of ether oxygens (including phenoxy) is 1. The van der Waals surface area contributed by atoms with E-state index in [0.29, 0.717) is 12.3 Å². The van der Waals surface area contributed by atoms with E-state index in [0.717, 1.165) is 6.07 Å². The molecule has 1 unspecified atom stereocenters. The number of halogens is 3. The maximum absolute atomic E-state index is 13.6. The maximum Gasteiger partial charge on any atom is 0.416 e. The van der Waals surface area contributed by atoms with Crippen LogP contribution in [0, 0.1) is 0 Å². The van der Waals surface area contributed by atoms with Gasteiger partial charge >= 0.3 is 11.9 Å². The van der Waals surface area contributed by atoms with Crippen molar-refractivity contribution in [1.82, 2.24) is 9.66 Å². The normalized spacial score (nSPS) is 13.4. The fraction of sp³-hybridized carbons (Fsp3) is 0.500. The minimum absolute atomic E-state index is 0.0298. The van der Waals surface area contributed by atoms with E-state index in [1.165, 1.54) is 7.11 Å². The van der Waals surface area contributed by atoms with E-state index in [1.807, 2.05) is 0 Å². The molecule has 0 fully saturated rings. The molecule has 0 aliphatic rings. The Labute approximate surface area is 175 Å². The van der Waals surface area contributed by atoms with Crippen LogP contribution in [0.2, 0.25) is 0 Å². The molecule has 0 aliphatic heterocycles. The van der Waals surface area contributed by atoms with Gasteiger partial charge in [-0.3, -0.25) is 9.59 Å². The standard InChI is InChI=1S/C18H22F3N3O6S/c1-5-7-15(25)24(31(4,28)29)23-16(26)11-8-10(14(6-2)30-3)12(18(19,20)21)9-13(11)22-17(23)27/h8-9,14H,5-7H2,1-4H3,(H,22,27). The second kappa shape index (κ2) is 8.83. The molecule has 1 aromatic heterocycles. The number of hydrogen-bond acceptors (Lipinski definition) is 6. The molecular weight excluding hydrogens is 443 g/mol. The highest BCUT2D eigenvalue weighted by molar-refractivity contribution is 7.92. The van der Waals surface area contributed by atoms with Crippen LogP contribution in [0.5, 0.6) is 0 Å². The number of carbonyl (C=O) groups excluding carboxylic acids is 1. The summed E-state index contributed by atoms with van der Waals surface area (Å²) >= 11 is 0. The van der Waals surface area contributed by atoms with Crippen molar-refractivity contribution >= 4 is 26.8 Å². The zero-order chi connectivity index (χ0) is 23.7. The molecule has 1 heterocycles. The van der Waals surface area contributed by atoms with Crippen molar-refractivity contribution < 1.29 is 31.1 Å². The van der Waals surface area contributed by atoms with Crippen LogP contribution >= 0.6 is 0 Å². The van der Waals surface area contributed by atoms with Gasteiger partial charge in [-0.25, -0.2) is 13.2 Å². The number of fused-ring (bicyclic) bond motifs is 1. The molecule has 2 rings (SSSR count). The predicted octanol–water partition coefficient (Wildman–Crippen LogP) is 2.03. The first kappa shape index (κ1) is 24.6. The zero-order valence-electron chi connectivity index (χ0n) is 17.2. The molecule has 0 saturated heterocycles. The summed E-state index contributed by atoms with van der Waals surface area (Å²) in [4.78, 5) is 39.9. The molecule has 0 bridgehead atoms. The fourth-order valence-corrected chi connectivity index (χ4v) is 4.12. The lowest BCUT2D eigenvalue weighted by Crippen LogP contribution is -2.55. The Morgan fingerprint density at radius 1 is 1.26 bits per heavy atom. The lowest BCUT2D eigenvalue weighted by molar-refractivity contribution is -0.139. The average molecular weight is 465 g/mol. The Bertz CT molecular complexity index is 1210. The molecule has 0 radical (unpaired) electrons. The Kier molecular flexibility index (Phi) is 7.00. The molecule has 2 aromatic rings. The van der Waals surface area contributed by atoms with Crippen molar-refractivity contribution in [2.24, 2.45) is 0 Å². The summed E-state index contributed by atoms with van der Waals surface area (Å²) in [5.74, 6) is -1.03. The van der Waals surface area contributed by atoms with Crippen molar-refractivity contribution in [2.45, 2.75) is 45.4 Å². The van der Waals surface area contributed by atoms with Crippen molar-refractivity contribution in [1.29, 1.82) is 0 Å². The highest BCUT2D eigenvalue weighted by atomic mass is 32.2. The minimum Gasteiger partial charge on any atom is -0.377 e. The third-order valence-corrected chi connectivity index (χ3v) is 5.52. The van der Waals surface area contributed by atoms with Crippen molar-refractivity contribution in [3.05, 3.63) is 44.1 Å². The fourth-order valence-electron chi connectivity index (χ4n) is 3.22. The number of sulfonamides is 1. The highest BCUT2D eigenvalue weighted by Crippen LogP contribution is 2.38. The second-order valence-electron chi connectivity index (χ2n) is 6.81. The number of H-pyrrole nitrogens is 1. The van der Waals surface area contributed by atoms with Gasteiger partial charge < -0.3 is 9.72 Å². The van der Waals surface area contributed by atoms with Crippen LogP contribution in [-0.4, -0.2) is 37.4 Å². The Morgan fingerprint density at radius 2 is 1.87 bits per heavy atom. The van der Waals surface area contributed by atoms with Gasteiger partial charge in [-0.05, 0) is 30.5 Å². The number of amides is 1. The Morgan fingerprint density at radius 3 is 2.32 bits per heavy atom. The van der Waals surface area contributed by atoms with Crippen LogP contribution in [-0.2, 0) is 25.7 Å². The van der Waals surface area contributed by atoms with Crippen molar-refractivity contribution in [3.8, 4) is 0 Å². The number of benzene rings is 1. The molecule has 0 saturated carbocycles. The van der Waals surface area contributed by atoms with Gasteiger partial charge in [0, 0.05) is 13.5 Å². The number of aromatic amines is 1. The number of nitrogens with one attached hydrogen (secondary N) is 1. The zero-order valence-corrected chi connectivity index (χ0v) is 18.1. The molecule has 1 atom stereocenters. The van der Waals surface area contributed by atoms with Crippen molar-refractivity contribution in [2.75, 3.05) is 17.8 Å². The van der Waals surface area contributed by atoms with Gasteiger partial charge in [-0.1, -0.05) is 13.8 Å². The molecule has 0 aliphatic carbocycles. The molecule has 9 nitrogen and oxygen atoms in total. The summed E-state index contributed by atoms with van der Waals surface area (Å²) < 4.78 is 70.3. The van der Waals surface area contributed by atoms with E-state index < -0.39 is 55.9 Å². The molecule has 1 N–H and O–H groups in total. The first-order chi connectivity index (χ1) is 14.3. The monoisotopic (exact) mass is 465 g/mol. The maximum atomic E-state index is 13.6. The molecule has 1 aromatic carbocycles. The quantitative estimate of drug-likeness (QED) is 0.669. The summed E-state index contributed by atoms with van der Waals surface area (Å²) in [7, 11) is -3.19. The summed E-state index contributed by atoms with van der Waals surface area (Å²) in [6.45, 7) is 3.17. The predicted molar refractivity (Wildman–Crippen MR) is 107 cm³/mol. The lowest BCUT2D eigenvalue weighted by atomic mass is 9.97. The summed E-state index contributed by atoms with van der Waals surface area (Å²) in [6, 6.07) is 1.49. The van der Waals surface area contributed by atoms with Gasteiger partial charge in [0.1, 0.15) is 0 Å². The molecule has 172 valence electrons. The molecule has 31 heavy (non-hydrogen) atoms. The van der Waals surface area contributed by atoms with E-state index in [2.05, 4.69) is 4.98 Å². The Balaban J connectivity index is 2.98. The number of nitrogens with zero attached hydrogens (tertiary/aromatic N) is 2. The summed E-state index contributed by atoms with van der Waals surface area (Å²) in [6.07, 6.45) is -5.10. The number of alkyl halides is 3. The topological polar surface area (TPSA) is 119 Å². The number of rotatable bonds is 7. The van der Waals surface area contributed by atoms with Crippen LogP contribution in [0.1, 0.15) is 50.3 Å². The van der Waals surface area contributed by atoms with E-state index in [-0.39, 0.29) is 33.9 Å². The molecule has 0 spiro atoms. The number of aromatic nitrogens is 2. The number of hydrogen-bond donors (Lipinski definition) is 1. The van der Waals surface area contributed by atoms with E-state index in [9.17, 15) is 36.0 Å². The van der Waals surface area contributed by atoms with E-state index in [1.54, 1.807) is 13.8 Å². The van der Waals surface area contributed by atoms with Gasteiger partial charge in [0.15, 0.2) is 0 Å². The van der Waals surface area contributed by atoms with Gasteiger partial charge in [-0.2, -0.15) is 13.2 Å². The summed E-state index contributed by atoms with van der Waals surface area (Å²) in [5.41, 5.74) is -4.54.